The standard InChI is InChI=1S/C10H14FNO2/c1-3-10(13,7-14-2)8-4-9(11)6-12-5-8/h4-6,13H,3,7H2,1-2H3. The van der Waals surface area contributed by atoms with Gasteiger partial charge in [-0.05, 0) is 12.5 Å². The van der Waals surface area contributed by atoms with Gasteiger partial charge in [-0.2, -0.15) is 0 Å². The maximum Gasteiger partial charge on any atom is 0.141 e. The van der Waals surface area contributed by atoms with Gasteiger partial charge in [-0.3, -0.25) is 4.98 Å². The third-order valence-electron chi connectivity index (χ3n) is 2.21. The Balaban J connectivity index is 2.99. The van der Waals surface area contributed by atoms with E-state index < -0.39 is 11.4 Å². The zero-order chi connectivity index (χ0) is 10.6. The third kappa shape index (κ3) is 2.27. The van der Waals surface area contributed by atoms with Crippen LogP contribution in [0.1, 0.15) is 18.9 Å². The molecule has 4 heteroatoms. The van der Waals surface area contributed by atoms with Gasteiger partial charge in [-0.15, -0.1) is 0 Å². The highest BCUT2D eigenvalue weighted by Crippen LogP contribution is 2.24. The number of halogens is 1. The molecule has 0 aliphatic carbocycles. The van der Waals surface area contributed by atoms with Crippen molar-refractivity contribution in [2.75, 3.05) is 13.7 Å². The number of nitrogens with zero attached hydrogens (tertiary/aromatic N) is 1. The lowest BCUT2D eigenvalue weighted by Gasteiger charge is -2.25. The maximum absolute atomic E-state index is 12.9. The highest BCUT2D eigenvalue weighted by Gasteiger charge is 2.27. The average Bonchev–Trinajstić information content (AvgIpc) is 2.18. The van der Waals surface area contributed by atoms with Crippen molar-refractivity contribution in [2.24, 2.45) is 0 Å². The zero-order valence-corrected chi connectivity index (χ0v) is 8.33. The molecule has 0 bridgehead atoms. The van der Waals surface area contributed by atoms with Crippen molar-refractivity contribution in [3.63, 3.8) is 0 Å². The van der Waals surface area contributed by atoms with Gasteiger partial charge in [-0.1, -0.05) is 6.92 Å². The lowest BCUT2D eigenvalue weighted by Crippen LogP contribution is -2.30. The van der Waals surface area contributed by atoms with Crippen molar-refractivity contribution in [1.82, 2.24) is 4.98 Å². The molecule has 3 nitrogen and oxygen atoms in total. The first-order chi connectivity index (χ1) is 6.62. The van der Waals surface area contributed by atoms with E-state index in [2.05, 4.69) is 4.98 Å². The van der Waals surface area contributed by atoms with E-state index in [1.54, 1.807) is 0 Å². The van der Waals surface area contributed by atoms with Crippen molar-refractivity contribution >= 4 is 0 Å². The molecular formula is C10H14FNO2. The summed E-state index contributed by atoms with van der Waals surface area (Å²) in [4.78, 5) is 3.69. The van der Waals surface area contributed by atoms with Crippen LogP contribution < -0.4 is 0 Å². The van der Waals surface area contributed by atoms with Gasteiger partial charge in [0.25, 0.3) is 0 Å². The van der Waals surface area contributed by atoms with Gasteiger partial charge in [0.1, 0.15) is 11.4 Å². The van der Waals surface area contributed by atoms with Crippen LogP contribution in [0.2, 0.25) is 0 Å². The van der Waals surface area contributed by atoms with E-state index in [1.807, 2.05) is 6.92 Å². The van der Waals surface area contributed by atoms with Gasteiger partial charge in [0.05, 0.1) is 12.8 Å². The van der Waals surface area contributed by atoms with E-state index in [1.165, 1.54) is 19.4 Å². The second kappa shape index (κ2) is 4.48. The molecule has 78 valence electrons. The normalized spacial score (nSPS) is 15.1. The van der Waals surface area contributed by atoms with Crippen LogP contribution in [0.5, 0.6) is 0 Å². The lowest BCUT2D eigenvalue weighted by atomic mass is 9.93. The molecule has 14 heavy (non-hydrogen) atoms. The van der Waals surface area contributed by atoms with Crippen LogP contribution in [0.3, 0.4) is 0 Å². The Morgan fingerprint density at radius 2 is 2.29 bits per heavy atom. The zero-order valence-electron chi connectivity index (χ0n) is 8.33. The molecule has 1 N–H and O–H groups in total. The summed E-state index contributed by atoms with van der Waals surface area (Å²) in [7, 11) is 1.49. The van der Waals surface area contributed by atoms with Crippen LogP contribution in [0.15, 0.2) is 18.5 Å². The van der Waals surface area contributed by atoms with Crippen LogP contribution >= 0.6 is 0 Å². The summed E-state index contributed by atoms with van der Waals surface area (Å²) in [5.74, 6) is -0.453. The van der Waals surface area contributed by atoms with Crippen molar-refractivity contribution in [3.8, 4) is 0 Å². The van der Waals surface area contributed by atoms with Crippen LogP contribution in [0.25, 0.3) is 0 Å². The fraction of sp³-hybridized carbons (Fsp3) is 0.500. The Kier molecular flexibility index (Phi) is 3.55. The Hall–Kier alpha value is -1.00. The van der Waals surface area contributed by atoms with Crippen LogP contribution in [0.4, 0.5) is 4.39 Å². The highest BCUT2D eigenvalue weighted by atomic mass is 19.1. The van der Waals surface area contributed by atoms with E-state index >= 15 is 0 Å². The summed E-state index contributed by atoms with van der Waals surface area (Å²) in [5, 5.41) is 10.1. The van der Waals surface area contributed by atoms with E-state index in [0.717, 1.165) is 6.20 Å². The number of rotatable bonds is 4. The number of aromatic nitrogens is 1. The fourth-order valence-corrected chi connectivity index (χ4v) is 1.29. The summed E-state index contributed by atoms with van der Waals surface area (Å²) in [5.41, 5.74) is -0.703. The molecule has 1 rings (SSSR count). The van der Waals surface area contributed by atoms with Crippen molar-refractivity contribution < 1.29 is 14.2 Å². The third-order valence-corrected chi connectivity index (χ3v) is 2.21. The topological polar surface area (TPSA) is 42.4 Å². The molecule has 0 saturated carbocycles. The SMILES string of the molecule is CCC(O)(COC)c1cncc(F)c1. The molecule has 1 heterocycles. The number of aliphatic hydroxyl groups is 1. The predicted octanol–water partition coefficient (Wildman–Crippen LogP) is 1.46. The number of ether oxygens (including phenoxy) is 1. The molecular weight excluding hydrogens is 185 g/mol. The monoisotopic (exact) mass is 199 g/mol. The molecule has 0 aromatic carbocycles. The number of pyridine rings is 1. The van der Waals surface area contributed by atoms with Crippen LogP contribution in [-0.2, 0) is 10.3 Å². The Labute approximate surface area is 82.5 Å². The molecule has 0 saturated heterocycles. The minimum Gasteiger partial charge on any atom is -0.383 e. The van der Waals surface area contributed by atoms with Crippen molar-refractivity contribution in [1.29, 1.82) is 0 Å². The van der Waals surface area contributed by atoms with Gasteiger partial charge in [-0.25, -0.2) is 4.39 Å². The van der Waals surface area contributed by atoms with E-state index in [4.69, 9.17) is 4.74 Å². The van der Waals surface area contributed by atoms with Gasteiger partial charge in [0.2, 0.25) is 0 Å². The molecule has 1 aromatic heterocycles. The minimum atomic E-state index is -1.15. The molecule has 1 atom stereocenters. The summed E-state index contributed by atoms with van der Waals surface area (Å²) < 4.78 is 17.8. The summed E-state index contributed by atoms with van der Waals surface area (Å²) in [6.07, 6.45) is 3.00. The molecule has 1 aromatic rings. The first-order valence-corrected chi connectivity index (χ1v) is 4.44. The largest absolute Gasteiger partial charge is 0.383 e. The number of hydrogen-bond donors (Lipinski definition) is 1. The molecule has 1 unspecified atom stereocenters. The van der Waals surface area contributed by atoms with Gasteiger partial charge in [0, 0.05) is 18.9 Å². The van der Waals surface area contributed by atoms with Crippen molar-refractivity contribution in [3.05, 3.63) is 29.8 Å². The summed E-state index contributed by atoms with van der Waals surface area (Å²) >= 11 is 0. The van der Waals surface area contributed by atoms with Crippen LogP contribution in [-0.4, -0.2) is 23.8 Å². The predicted molar refractivity (Wildman–Crippen MR) is 50.3 cm³/mol. The van der Waals surface area contributed by atoms with E-state index in [-0.39, 0.29) is 6.61 Å². The molecule has 0 aliphatic rings. The minimum absolute atomic E-state index is 0.134. The molecule has 0 amide bonds. The lowest BCUT2D eigenvalue weighted by molar-refractivity contribution is -0.0390. The first-order valence-electron chi connectivity index (χ1n) is 4.44. The Morgan fingerprint density at radius 3 is 2.79 bits per heavy atom. The second-order valence-corrected chi connectivity index (χ2v) is 3.21. The smallest absolute Gasteiger partial charge is 0.141 e. The van der Waals surface area contributed by atoms with Gasteiger partial charge in [0.15, 0.2) is 0 Å². The van der Waals surface area contributed by atoms with Crippen molar-refractivity contribution in [2.45, 2.75) is 18.9 Å². The van der Waals surface area contributed by atoms with Gasteiger partial charge < -0.3 is 9.84 Å². The molecule has 0 fully saturated rings. The molecule has 0 aliphatic heterocycles. The Morgan fingerprint density at radius 1 is 1.57 bits per heavy atom. The molecule has 0 radical (unpaired) electrons. The quantitative estimate of drug-likeness (QED) is 0.798. The van der Waals surface area contributed by atoms with E-state index in [0.29, 0.717) is 12.0 Å². The van der Waals surface area contributed by atoms with E-state index in [9.17, 15) is 9.50 Å². The van der Waals surface area contributed by atoms with Gasteiger partial charge >= 0.3 is 0 Å². The first kappa shape index (κ1) is 11.1. The summed E-state index contributed by atoms with van der Waals surface area (Å²) in [6.45, 7) is 1.94. The molecule has 0 spiro atoms. The number of hydrogen-bond acceptors (Lipinski definition) is 3. The highest BCUT2D eigenvalue weighted by molar-refractivity contribution is 5.18. The van der Waals surface area contributed by atoms with Crippen LogP contribution in [0, 0.1) is 5.82 Å². The average molecular weight is 199 g/mol. The fourth-order valence-electron chi connectivity index (χ4n) is 1.29. The summed E-state index contributed by atoms with van der Waals surface area (Å²) in [6, 6.07) is 1.27. The Bertz CT molecular complexity index is 306. The number of methoxy groups -OCH3 is 1. The maximum atomic E-state index is 12.9. The second-order valence-electron chi connectivity index (χ2n) is 3.21.